The van der Waals surface area contributed by atoms with E-state index in [0.717, 1.165) is 4.31 Å². The number of benzene rings is 2. The Labute approximate surface area is 166 Å². The Morgan fingerprint density at radius 1 is 1.04 bits per heavy atom. The summed E-state index contributed by atoms with van der Waals surface area (Å²) in [4.78, 5) is 24.3. The van der Waals surface area contributed by atoms with Gasteiger partial charge in [0.05, 0.1) is 22.0 Å². The van der Waals surface area contributed by atoms with Crippen LogP contribution in [0.5, 0.6) is 5.75 Å². The smallest absolute Gasteiger partial charge is 0.338 e. The summed E-state index contributed by atoms with van der Waals surface area (Å²) >= 11 is 3.29. The van der Waals surface area contributed by atoms with Gasteiger partial charge >= 0.3 is 5.97 Å². The van der Waals surface area contributed by atoms with Gasteiger partial charge in [0.2, 0.25) is 10.0 Å². The van der Waals surface area contributed by atoms with E-state index in [1.807, 2.05) is 0 Å². The quantitative estimate of drug-likeness (QED) is 0.470. The Morgan fingerprint density at radius 3 is 2.15 bits per heavy atom. The predicted molar refractivity (Wildman–Crippen MR) is 103 cm³/mol. The minimum absolute atomic E-state index is 0.0585. The van der Waals surface area contributed by atoms with Crippen molar-refractivity contribution in [2.24, 2.45) is 0 Å². The number of Topliss-reactive ketones (excluding diaryl/α,β-unsaturated/α-hetero) is 1. The molecule has 0 fully saturated rings. The molecule has 0 atom stereocenters. The lowest BCUT2D eigenvalue weighted by Crippen LogP contribution is -2.22. The lowest BCUT2D eigenvalue weighted by molar-refractivity contribution is 0.0474. The Morgan fingerprint density at radius 2 is 1.63 bits per heavy atom. The van der Waals surface area contributed by atoms with Gasteiger partial charge in [0.15, 0.2) is 12.4 Å². The number of carbonyl (C=O) groups excluding carboxylic acids is 2. The number of methoxy groups -OCH3 is 1. The lowest BCUT2D eigenvalue weighted by atomic mass is 10.1. The van der Waals surface area contributed by atoms with E-state index < -0.39 is 22.6 Å². The van der Waals surface area contributed by atoms with Crippen molar-refractivity contribution in [2.75, 3.05) is 27.8 Å². The fourth-order valence-electron chi connectivity index (χ4n) is 2.11. The van der Waals surface area contributed by atoms with Crippen molar-refractivity contribution in [1.29, 1.82) is 0 Å². The molecule has 0 aliphatic rings. The first-order valence-corrected chi connectivity index (χ1v) is 9.96. The normalized spacial score (nSPS) is 11.3. The molecule has 0 aromatic heterocycles. The number of hydrogen-bond acceptors (Lipinski definition) is 6. The van der Waals surface area contributed by atoms with Crippen LogP contribution in [0, 0.1) is 0 Å². The fraction of sp³-hybridized carbons (Fsp3) is 0.222. The number of ketones is 1. The van der Waals surface area contributed by atoms with Crippen molar-refractivity contribution < 1.29 is 27.5 Å². The number of sulfonamides is 1. The number of nitrogens with zero attached hydrogens (tertiary/aromatic N) is 1. The van der Waals surface area contributed by atoms with E-state index in [1.165, 1.54) is 45.5 Å². The average Bonchev–Trinajstić information content (AvgIpc) is 2.65. The third kappa shape index (κ3) is 4.94. The van der Waals surface area contributed by atoms with Gasteiger partial charge in [0.1, 0.15) is 5.75 Å². The van der Waals surface area contributed by atoms with Crippen molar-refractivity contribution >= 4 is 37.7 Å². The predicted octanol–water partition coefficient (Wildman–Crippen LogP) is 2.75. The Bertz CT molecular complexity index is 954. The van der Waals surface area contributed by atoms with E-state index in [0.29, 0.717) is 15.8 Å². The highest BCUT2D eigenvalue weighted by Crippen LogP contribution is 2.25. The van der Waals surface area contributed by atoms with Crippen LogP contribution in [-0.2, 0) is 14.8 Å². The molecule has 0 saturated carbocycles. The van der Waals surface area contributed by atoms with E-state index >= 15 is 0 Å². The number of halogens is 1. The number of carbonyl (C=O) groups is 2. The van der Waals surface area contributed by atoms with Crippen molar-refractivity contribution in [3.8, 4) is 5.75 Å². The molecule has 2 aromatic rings. The van der Waals surface area contributed by atoms with Crippen LogP contribution in [0.4, 0.5) is 0 Å². The first-order chi connectivity index (χ1) is 12.7. The monoisotopic (exact) mass is 455 g/mol. The van der Waals surface area contributed by atoms with E-state index in [4.69, 9.17) is 9.47 Å². The molecule has 0 saturated heterocycles. The summed E-state index contributed by atoms with van der Waals surface area (Å²) in [6.07, 6.45) is 0. The molecule has 0 amide bonds. The van der Waals surface area contributed by atoms with Gasteiger partial charge in [-0.3, -0.25) is 4.79 Å². The first-order valence-electron chi connectivity index (χ1n) is 7.73. The standard InChI is InChI=1S/C18H18BrNO6S/c1-20(2)27(23,24)14-7-4-12(5-8-14)18(22)26-11-16(21)13-6-9-17(25-3)15(19)10-13/h4-10H,11H2,1-3H3. The van der Waals surface area contributed by atoms with E-state index in [2.05, 4.69) is 15.9 Å². The molecule has 0 aliphatic carbocycles. The highest BCUT2D eigenvalue weighted by molar-refractivity contribution is 9.10. The Hall–Kier alpha value is -2.23. The van der Waals surface area contributed by atoms with Crippen LogP contribution in [0.15, 0.2) is 51.8 Å². The molecule has 0 radical (unpaired) electrons. The molecule has 0 bridgehead atoms. The highest BCUT2D eigenvalue weighted by atomic mass is 79.9. The summed E-state index contributed by atoms with van der Waals surface area (Å²) in [6.45, 7) is -0.435. The second-order valence-corrected chi connectivity index (χ2v) is 8.67. The molecule has 0 heterocycles. The van der Waals surface area contributed by atoms with Crippen LogP contribution in [0.1, 0.15) is 20.7 Å². The van der Waals surface area contributed by atoms with Crippen LogP contribution >= 0.6 is 15.9 Å². The van der Waals surface area contributed by atoms with Crippen molar-refractivity contribution in [3.63, 3.8) is 0 Å². The summed E-state index contributed by atoms with van der Waals surface area (Å²) in [5.41, 5.74) is 0.513. The summed E-state index contributed by atoms with van der Waals surface area (Å²) in [5.74, 6) is -0.514. The molecule has 2 aromatic carbocycles. The molecule has 144 valence electrons. The molecule has 0 N–H and O–H groups in total. The van der Waals surface area contributed by atoms with E-state index in [1.54, 1.807) is 18.2 Å². The minimum atomic E-state index is -3.58. The molecule has 2 rings (SSSR count). The number of esters is 1. The van der Waals surface area contributed by atoms with Crippen LogP contribution in [0.3, 0.4) is 0 Å². The third-order valence-electron chi connectivity index (χ3n) is 3.68. The van der Waals surface area contributed by atoms with Crippen molar-refractivity contribution in [2.45, 2.75) is 4.90 Å². The third-order valence-corrected chi connectivity index (χ3v) is 6.13. The van der Waals surface area contributed by atoms with Gasteiger partial charge < -0.3 is 9.47 Å². The number of rotatable bonds is 7. The number of hydrogen-bond donors (Lipinski definition) is 0. The maximum absolute atomic E-state index is 12.2. The number of ether oxygens (including phenoxy) is 2. The van der Waals surface area contributed by atoms with Crippen LogP contribution < -0.4 is 4.74 Å². The highest BCUT2D eigenvalue weighted by Gasteiger charge is 2.18. The van der Waals surface area contributed by atoms with Crippen molar-refractivity contribution in [1.82, 2.24) is 4.31 Å². The fourth-order valence-corrected chi connectivity index (χ4v) is 3.55. The summed E-state index contributed by atoms with van der Waals surface area (Å²) < 4.78 is 35.8. The van der Waals surface area contributed by atoms with Crippen LogP contribution in [-0.4, -0.2) is 52.3 Å². The van der Waals surface area contributed by atoms with Gasteiger partial charge in [-0.15, -0.1) is 0 Å². The minimum Gasteiger partial charge on any atom is -0.496 e. The van der Waals surface area contributed by atoms with Crippen molar-refractivity contribution in [3.05, 3.63) is 58.1 Å². The summed E-state index contributed by atoms with van der Waals surface area (Å²) in [5, 5.41) is 0. The van der Waals surface area contributed by atoms with Crippen LogP contribution in [0.2, 0.25) is 0 Å². The molecule has 0 unspecified atom stereocenters. The molecule has 0 aliphatic heterocycles. The van der Waals surface area contributed by atoms with Gasteiger partial charge in [-0.25, -0.2) is 17.5 Å². The zero-order valence-electron chi connectivity index (χ0n) is 14.9. The lowest BCUT2D eigenvalue weighted by Gasteiger charge is -2.11. The van der Waals surface area contributed by atoms with Gasteiger partial charge in [-0.05, 0) is 58.4 Å². The summed E-state index contributed by atoms with van der Waals surface area (Å²) in [7, 11) is 0.768. The second kappa shape index (κ2) is 8.64. The van der Waals surface area contributed by atoms with E-state index in [-0.39, 0.29) is 16.2 Å². The molecular weight excluding hydrogens is 438 g/mol. The van der Waals surface area contributed by atoms with Gasteiger partial charge in [-0.1, -0.05) is 0 Å². The maximum atomic E-state index is 12.2. The molecule has 9 heteroatoms. The SMILES string of the molecule is COc1ccc(C(=O)COC(=O)c2ccc(S(=O)(=O)N(C)C)cc2)cc1Br. The topological polar surface area (TPSA) is 90.0 Å². The molecule has 0 spiro atoms. The van der Waals surface area contributed by atoms with Gasteiger partial charge in [-0.2, -0.15) is 0 Å². The Balaban J connectivity index is 2.03. The zero-order chi connectivity index (χ0) is 20.2. The average molecular weight is 456 g/mol. The largest absolute Gasteiger partial charge is 0.496 e. The van der Waals surface area contributed by atoms with Crippen LogP contribution in [0.25, 0.3) is 0 Å². The summed E-state index contributed by atoms with van der Waals surface area (Å²) in [6, 6.07) is 10.1. The molecule has 27 heavy (non-hydrogen) atoms. The zero-order valence-corrected chi connectivity index (χ0v) is 17.3. The maximum Gasteiger partial charge on any atom is 0.338 e. The van der Waals surface area contributed by atoms with Gasteiger partial charge in [0, 0.05) is 19.7 Å². The Kier molecular flexibility index (Phi) is 6.74. The van der Waals surface area contributed by atoms with E-state index in [9.17, 15) is 18.0 Å². The molecular formula is C18H18BrNO6S. The molecule has 7 nitrogen and oxygen atoms in total. The second-order valence-electron chi connectivity index (χ2n) is 5.66. The van der Waals surface area contributed by atoms with Gasteiger partial charge in [0.25, 0.3) is 0 Å². The first kappa shape index (κ1) is 21.1.